The molecule has 14 nitrogen and oxygen atoms in total. The van der Waals surface area contributed by atoms with Crippen LogP contribution in [0.5, 0.6) is 5.75 Å². The van der Waals surface area contributed by atoms with Crippen LogP contribution in [0.1, 0.15) is 54.2 Å². The Kier molecular flexibility index (Phi) is 13.1. The number of aromatic nitrogens is 1. The third-order valence-corrected chi connectivity index (χ3v) is 7.60. The molecule has 3 aromatic rings. The van der Waals surface area contributed by atoms with Crippen LogP contribution in [0.15, 0.2) is 53.1 Å². The Morgan fingerprint density at radius 1 is 0.958 bits per heavy atom. The third kappa shape index (κ3) is 10.6. The molecule has 0 radical (unpaired) electrons. The van der Waals surface area contributed by atoms with Crippen LogP contribution >= 0.6 is 11.6 Å². The molecule has 1 unspecified atom stereocenters. The molecule has 0 aliphatic carbocycles. The smallest absolute Gasteiger partial charge is 0.407 e. The van der Waals surface area contributed by atoms with Crippen molar-refractivity contribution in [3.63, 3.8) is 0 Å². The molecule has 1 atom stereocenters. The summed E-state index contributed by atoms with van der Waals surface area (Å²) >= 11 is 6.18. The fourth-order valence-electron chi connectivity index (χ4n) is 5.14. The highest BCUT2D eigenvalue weighted by atomic mass is 35.5. The zero-order chi connectivity index (χ0) is 34.7. The Morgan fingerprint density at radius 2 is 1.54 bits per heavy atom. The number of nitro groups is 1. The number of nitrogens with one attached hydrogen (secondary N) is 1. The minimum absolute atomic E-state index is 0.00229. The fraction of sp³-hybridized carbons (Fsp3) is 0.485. The Morgan fingerprint density at radius 3 is 2.15 bits per heavy atom. The van der Waals surface area contributed by atoms with Gasteiger partial charge in [0.1, 0.15) is 18.0 Å². The molecule has 260 valence electrons. The van der Waals surface area contributed by atoms with Gasteiger partial charge in [-0.25, -0.2) is 4.79 Å². The number of piperazine rings is 1. The van der Waals surface area contributed by atoms with Crippen molar-refractivity contribution in [2.45, 2.75) is 39.3 Å². The van der Waals surface area contributed by atoms with Gasteiger partial charge in [-0.1, -0.05) is 41.0 Å². The van der Waals surface area contributed by atoms with Crippen LogP contribution in [-0.4, -0.2) is 103 Å². The maximum absolute atomic E-state index is 13.1. The predicted molar refractivity (Wildman–Crippen MR) is 176 cm³/mol. The number of halogens is 1. The lowest BCUT2D eigenvalue weighted by Gasteiger charge is -2.39. The predicted octanol–water partition coefficient (Wildman–Crippen LogP) is 5.03. The molecule has 0 bridgehead atoms. The van der Waals surface area contributed by atoms with Gasteiger partial charge >= 0.3 is 11.8 Å². The average molecular weight is 688 g/mol. The standard InChI is InChI=1S/C33H42ClN5O9/c1-23-29(39(42)43)28(36-48-23)31(40)38-16-14-37(15-17-38)30(24-5-9-26(34)10-6-24)25-7-11-27(12-8-25)46-22-21-45-20-19-44-18-13-35-32(41)47-33(2,3)4/h5-12,30H,13-22H2,1-4H3,(H,35,41). The number of alkyl carbamates (subject to hydrolysis) is 1. The van der Waals surface area contributed by atoms with Crippen LogP contribution in [0.25, 0.3) is 0 Å². The summed E-state index contributed by atoms with van der Waals surface area (Å²) in [5, 5.41) is 18.4. The molecule has 1 aliphatic heterocycles. The lowest BCUT2D eigenvalue weighted by molar-refractivity contribution is -0.386. The monoisotopic (exact) mass is 687 g/mol. The van der Waals surface area contributed by atoms with Crippen LogP contribution in [0, 0.1) is 17.0 Å². The first-order valence-corrected chi connectivity index (χ1v) is 16.1. The third-order valence-electron chi connectivity index (χ3n) is 7.35. The summed E-state index contributed by atoms with van der Waals surface area (Å²) in [5.41, 5.74) is 0.846. The van der Waals surface area contributed by atoms with E-state index in [9.17, 15) is 19.7 Å². The molecule has 1 saturated heterocycles. The van der Waals surface area contributed by atoms with Crippen molar-refractivity contribution in [1.82, 2.24) is 20.3 Å². The van der Waals surface area contributed by atoms with Gasteiger partial charge in [0.15, 0.2) is 0 Å². The molecule has 2 amide bonds. The quantitative estimate of drug-likeness (QED) is 0.130. The Labute approximate surface area is 284 Å². The van der Waals surface area contributed by atoms with Crippen molar-refractivity contribution in [3.05, 3.63) is 86.2 Å². The van der Waals surface area contributed by atoms with Gasteiger partial charge in [-0.15, -0.1) is 0 Å². The van der Waals surface area contributed by atoms with E-state index in [1.165, 1.54) is 6.92 Å². The zero-order valence-corrected chi connectivity index (χ0v) is 28.4. The van der Waals surface area contributed by atoms with Crippen molar-refractivity contribution in [3.8, 4) is 5.75 Å². The summed E-state index contributed by atoms with van der Waals surface area (Å²) in [6.07, 6.45) is -0.476. The van der Waals surface area contributed by atoms with E-state index in [4.69, 9.17) is 35.1 Å². The molecular formula is C33H42ClN5O9. The molecular weight excluding hydrogens is 646 g/mol. The molecule has 48 heavy (non-hydrogen) atoms. The van der Waals surface area contributed by atoms with Gasteiger partial charge in [0.2, 0.25) is 11.5 Å². The summed E-state index contributed by atoms with van der Waals surface area (Å²) in [5.74, 6) is 0.172. The first-order valence-electron chi connectivity index (χ1n) is 15.7. The topological polar surface area (TPSA) is 159 Å². The van der Waals surface area contributed by atoms with Crippen LogP contribution in [0.4, 0.5) is 10.5 Å². The normalized spacial score (nSPS) is 14.4. The van der Waals surface area contributed by atoms with Gasteiger partial charge in [-0.05, 0) is 56.2 Å². The lowest BCUT2D eigenvalue weighted by atomic mass is 9.96. The number of rotatable bonds is 15. The number of carbonyl (C=O) groups is 2. The van der Waals surface area contributed by atoms with Crippen LogP contribution in [-0.2, 0) is 14.2 Å². The number of hydrogen-bond donors (Lipinski definition) is 1. The highest BCUT2D eigenvalue weighted by Crippen LogP contribution is 2.32. The van der Waals surface area contributed by atoms with E-state index >= 15 is 0 Å². The molecule has 1 N–H and O–H groups in total. The summed E-state index contributed by atoms with van der Waals surface area (Å²) in [6, 6.07) is 15.4. The fourth-order valence-corrected chi connectivity index (χ4v) is 5.27. The summed E-state index contributed by atoms with van der Waals surface area (Å²) in [6.45, 7) is 10.8. The molecule has 4 rings (SSSR count). The van der Waals surface area contributed by atoms with E-state index in [-0.39, 0.29) is 17.5 Å². The SMILES string of the molecule is Cc1onc(C(=O)N2CCN(C(c3ccc(Cl)cc3)c3ccc(OCCOCCOCCNC(=O)OC(C)(C)C)cc3)CC2)c1[N+](=O)[O-]. The molecule has 2 heterocycles. The number of ether oxygens (including phenoxy) is 4. The Hall–Kier alpha value is -4.24. The number of amides is 2. The lowest BCUT2D eigenvalue weighted by Crippen LogP contribution is -2.50. The first-order chi connectivity index (χ1) is 22.9. The summed E-state index contributed by atoms with van der Waals surface area (Å²) in [4.78, 5) is 39.4. The van der Waals surface area contributed by atoms with Crippen molar-refractivity contribution < 1.29 is 38.0 Å². The second kappa shape index (κ2) is 17.2. The molecule has 1 aliphatic rings. The maximum atomic E-state index is 13.1. The largest absolute Gasteiger partial charge is 0.491 e. The van der Waals surface area contributed by atoms with E-state index in [0.717, 1.165) is 11.1 Å². The maximum Gasteiger partial charge on any atom is 0.407 e. The average Bonchev–Trinajstić information content (AvgIpc) is 3.44. The number of nitrogens with zero attached hydrogens (tertiary/aromatic N) is 4. The van der Waals surface area contributed by atoms with Gasteiger partial charge in [0.25, 0.3) is 5.91 Å². The zero-order valence-electron chi connectivity index (χ0n) is 27.6. The van der Waals surface area contributed by atoms with Gasteiger partial charge < -0.3 is 33.7 Å². The van der Waals surface area contributed by atoms with Gasteiger partial charge in [0.05, 0.1) is 37.4 Å². The Balaban J connectivity index is 1.24. The number of benzene rings is 2. The molecule has 0 spiro atoms. The van der Waals surface area contributed by atoms with Crippen LogP contribution < -0.4 is 10.1 Å². The second-order valence-corrected chi connectivity index (χ2v) is 12.5. The van der Waals surface area contributed by atoms with Crippen LogP contribution in [0.3, 0.4) is 0 Å². The van der Waals surface area contributed by atoms with Gasteiger partial charge in [-0.3, -0.25) is 19.8 Å². The number of carbonyl (C=O) groups excluding carboxylic acids is 2. The van der Waals surface area contributed by atoms with Gasteiger partial charge in [0, 0.05) is 44.7 Å². The van der Waals surface area contributed by atoms with Crippen molar-refractivity contribution in [2.75, 3.05) is 65.8 Å². The van der Waals surface area contributed by atoms with Crippen molar-refractivity contribution in [2.24, 2.45) is 0 Å². The van der Waals surface area contributed by atoms with E-state index in [1.807, 2.05) is 48.5 Å². The summed E-state index contributed by atoms with van der Waals surface area (Å²) < 4.78 is 27.0. The number of aryl methyl sites for hydroxylation is 1. The van der Waals surface area contributed by atoms with E-state index in [1.54, 1.807) is 25.7 Å². The first kappa shape index (κ1) is 36.6. The number of hydrogen-bond acceptors (Lipinski definition) is 11. The highest BCUT2D eigenvalue weighted by molar-refractivity contribution is 6.30. The van der Waals surface area contributed by atoms with Crippen LogP contribution in [0.2, 0.25) is 5.02 Å². The minimum atomic E-state index is -0.639. The second-order valence-electron chi connectivity index (χ2n) is 12.0. The van der Waals surface area contributed by atoms with E-state index in [0.29, 0.717) is 76.5 Å². The van der Waals surface area contributed by atoms with Gasteiger partial charge in [-0.2, -0.15) is 0 Å². The van der Waals surface area contributed by atoms with E-state index < -0.39 is 28.2 Å². The van der Waals surface area contributed by atoms with Crippen molar-refractivity contribution in [1.29, 1.82) is 0 Å². The molecule has 1 aromatic heterocycles. The minimum Gasteiger partial charge on any atom is -0.491 e. The molecule has 2 aromatic carbocycles. The molecule has 1 fully saturated rings. The molecule has 0 saturated carbocycles. The van der Waals surface area contributed by atoms with E-state index in [2.05, 4.69) is 15.4 Å². The Bertz CT molecular complexity index is 1500. The highest BCUT2D eigenvalue weighted by Gasteiger charge is 2.35. The van der Waals surface area contributed by atoms with Crippen molar-refractivity contribution >= 4 is 29.3 Å². The summed E-state index contributed by atoms with van der Waals surface area (Å²) in [7, 11) is 0. The molecule has 15 heteroatoms.